The fourth-order valence-corrected chi connectivity index (χ4v) is 5.71. The van der Waals surface area contributed by atoms with Crippen LogP contribution in [0.3, 0.4) is 0 Å². The number of carbonyl (C=O) groups excluding carboxylic acids is 2. The van der Waals surface area contributed by atoms with Gasteiger partial charge in [0.05, 0.1) is 24.4 Å². The first-order valence-electron chi connectivity index (χ1n) is 14.0. The number of ketones is 1. The summed E-state index contributed by atoms with van der Waals surface area (Å²) in [6.07, 6.45) is 0. The highest BCUT2D eigenvalue weighted by atomic mass is 16.5. The second-order valence-corrected chi connectivity index (χ2v) is 12.1. The van der Waals surface area contributed by atoms with Crippen LogP contribution in [0.5, 0.6) is 5.75 Å². The number of benzene rings is 4. The summed E-state index contributed by atoms with van der Waals surface area (Å²) >= 11 is 0. The lowest BCUT2D eigenvalue weighted by Crippen LogP contribution is -2.29. The molecule has 0 spiro atoms. The van der Waals surface area contributed by atoms with E-state index in [0.717, 1.165) is 38.8 Å². The van der Waals surface area contributed by atoms with Crippen LogP contribution in [0.25, 0.3) is 16.5 Å². The van der Waals surface area contributed by atoms with Gasteiger partial charge in [0.1, 0.15) is 11.5 Å². The summed E-state index contributed by atoms with van der Waals surface area (Å²) in [5.41, 5.74) is 4.71. The Morgan fingerprint density at radius 1 is 0.927 bits per heavy atom. The number of hydrogen-bond acceptors (Lipinski definition) is 4. The molecule has 0 bridgehead atoms. The van der Waals surface area contributed by atoms with Crippen LogP contribution in [-0.2, 0) is 15.0 Å². The van der Waals surface area contributed by atoms with Crippen molar-refractivity contribution in [3.8, 4) is 5.75 Å². The summed E-state index contributed by atoms with van der Waals surface area (Å²) in [5, 5.41) is 13.7. The lowest BCUT2D eigenvalue weighted by atomic mass is 9.85. The first-order valence-corrected chi connectivity index (χ1v) is 14.0. The van der Waals surface area contributed by atoms with Crippen LogP contribution in [0.2, 0.25) is 0 Å². The monoisotopic (exact) mass is 547 g/mol. The van der Waals surface area contributed by atoms with Gasteiger partial charge in [-0.05, 0) is 64.1 Å². The van der Waals surface area contributed by atoms with Gasteiger partial charge in [0, 0.05) is 10.9 Å². The molecule has 1 amide bonds. The van der Waals surface area contributed by atoms with Gasteiger partial charge in [-0.3, -0.25) is 14.5 Å². The maximum atomic E-state index is 13.9. The maximum absolute atomic E-state index is 13.9. The Labute approximate surface area is 242 Å². The molecule has 1 aliphatic rings. The van der Waals surface area contributed by atoms with Gasteiger partial charge in [-0.15, -0.1) is 0 Å². The number of amides is 1. The Morgan fingerprint density at radius 2 is 1.59 bits per heavy atom. The van der Waals surface area contributed by atoms with Gasteiger partial charge in [-0.25, -0.2) is 0 Å². The number of aryl methyl sites for hydroxylation is 1. The molecule has 41 heavy (non-hydrogen) atoms. The van der Waals surface area contributed by atoms with Crippen LogP contribution in [0.1, 0.15) is 74.4 Å². The Balaban J connectivity index is 1.79. The Bertz CT molecular complexity index is 1680. The molecule has 210 valence electrons. The number of ether oxygens (including phenoxy) is 1. The molecule has 1 saturated heterocycles. The molecule has 1 fully saturated rings. The van der Waals surface area contributed by atoms with Crippen molar-refractivity contribution in [3.63, 3.8) is 0 Å². The molecule has 1 unspecified atom stereocenters. The second-order valence-electron chi connectivity index (χ2n) is 12.1. The molecular formula is C36H37NO4. The second kappa shape index (κ2) is 10.5. The quantitative estimate of drug-likeness (QED) is 0.155. The highest BCUT2D eigenvalue weighted by Gasteiger charge is 2.47. The Hall–Kier alpha value is -4.38. The average Bonchev–Trinajstić information content (AvgIpc) is 3.21. The lowest BCUT2D eigenvalue weighted by Gasteiger charge is -2.28. The van der Waals surface area contributed by atoms with E-state index in [4.69, 9.17) is 4.74 Å². The van der Waals surface area contributed by atoms with Crippen molar-refractivity contribution >= 4 is 33.9 Å². The smallest absolute Gasteiger partial charge is 0.300 e. The Kier molecular flexibility index (Phi) is 7.24. The molecule has 1 atom stereocenters. The van der Waals surface area contributed by atoms with Crippen molar-refractivity contribution < 1.29 is 19.4 Å². The van der Waals surface area contributed by atoms with E-state index in [0.29, 0.717) is 11.3 Å². The van der Waals surface area contributed by atoms with E-state index in [2.05, 4.69) is 20.8 Å². The van der Waals surface area contributed by atoms with Gasteiger partial charge in [-0.2, -0.15) is 0 Å². The number of anilines is 1. The topological polar surface area (TPSA) is 66.8 Å². The number of fused-ring (bicyclic) bond motifs is 1. The summed E-state index contributed by atoms with van der Waals surface area (Å²) < 4.78 is 5.60. The van der Waals surface area contributed by atoms with Gasteiger partial charge in [0.25, 0.3) is 11.7 Å². The van der Waals surface area contributed by atoms with Crippen molar-refractivity contribution in [2.45, 2.75) is 58.9 Å². The first kappa shape index (κ1) is 28.2. The first-order chi connectivity index (χ1) is 19.4. The van der Waals surface area contributed by atoms with Crippen molar-refractivity contribution in [1.29, 1.82) is 0 Å². The molecule has 5 heteroatoms. The molecule has 1 aliphatic heterocycles. The zero-order chi connectivity index (χ0) is 29.6. The number of Topliss-reactive ketones (excluding diaryl/α,β-unsaturated/α-hetero) is 1. The van der Waals surface area contributed by atoms with E-state index in [-0.39, 0.29) is 22.7 Å². The van der Waals surface area contributed by atoms with Crippen molar-refractivity contribution in [2.75, 3.05) is 12.0 Å². The highest BCUT2D eigenvalue weighted by molar-refractivity contribution is 6.52. The minimum absolute atomic E-state index is 0.0660. The summed E-state index contributed by atoms with van der Waals surface area (Å²) in [7, 11) is 1.62. The minimum Gasteiger partial charge on any atom is -0.507 e. The van der Waals surface area contributed by atoms with Crippen LogP contribution in [0, 0.1) is 6.92 Å². The van der Waals surface area contributed by atoms with E-state index >= 15 is 0 Å². The molecule has 1 N–H and O–H groups in total. The molecule has 4 aromatic rings. The third-order valence-electron chi connectivity index (χ3n) is 8.02. The van der Waals surface area contributed by atoms with Crippen LogP contribution in [0.15, 0.2) is 84.4 Å². The van der Waals surface area contributed by atoms with Gasteiger partial charge in [0.15, 0.2) is 0 Å². The number of aliphatic hydroxyl groups is 1. The van der Waals surface area contributed by atoms with Crippen molar-refractivity contribution in [3.05, 3.63) is 112 Å². The molecule has 0 aliphatic carbocycles. The van der Waals surface area contributed by atoms with E-state index < -0.39 is 17.7 Å². The van der Waals surface area contributed by atoms with Crippen molar-refractivity contribution in [1.82, 2.24) is 0 Å². The van der Waals surface area contributed by atoms with E-state index in [9.17, 15) is 14.7 Å². The molecule has 0 aromatic heterocycles. The van der Waals surface area contributed by atoms with Crippen LogP contribution < -0.4 is 9.64 Å². The van der Waals surface area contributed by atoms with Crippen LogP contribution in [-0.4, -0.2) is 23.9 Å². The standard InChI is InChI=1S/C36H37NO4/c1-21(2)27-20-28(22(3)19-30(27)41-7)33(38)31-32(24-15-17-25(18-16-24)36(4,5)6)37(35(40)34(31)39)29-14-10-12-23-11-8-9-13-26(23)29/h8-21,32,38H,1-7H3/b33-31+. The van der Waals surface area contributed by atoms with Gasteiger partial charge in [0.2, 0.25) is 0 Å². The summed E-state index contributed by atoms with van der Waals surface area (Å²) in [6, 6.07) is 24.5. The normalized spacial score (nSPS) is 17.1. The summed E-state index contributed by atoms with van der Waals surface area (Å²) in [4.78, 5) is 29.3. The molecule has 5 nitrogen and oxygen atoms in total. The molecule has 4 aromatic carbocycles. The van der Waals surface area contributed by atoms with E-state index in [1.807, 2.05) is 99.6 Å². The predicted molar refractivity (Wildman–Crippen MR) is 166 cm³/mol. The molecular weight excluding hydrogens is 510 g/mol. The lowest BCUT2D eigenvalue weighted by molar-refractivity contribution is -0.132. The fourth-order valence-electron chi connectivity index (χ4n) is 5.71. The molecule has 0 saturated carbocycles. The number of rotatable bonds is 5. The molecule has 5 rings (SSSR count). The number of carbonyl (C=O) groups is 2. The number of methoxy groups -OCH3 is 1. The third-order valence-corrected chi connectivity index (χ3v) is 8.02. The Morgan fingerprint density at radius 3 is 2.22 bits per heavy atom. The largest absolute Gasteiger partial charge is 0.507 e. The number of nitrogens with zero attached hydrogens (tertiary/aromatic N) is 1. The van der Waals surface area contributed by atoms with Crippen molar-refractivity contribution in [2.24, 2.45) is 0 Å². The summed E-state index contributed by atoms with van der Waals surface area (Å²) in [6.45, 7) is 12.4. The fraction of sp³-hybridized carbons (Fsp3) is 0.278. The van der Waals surface area contributed by atoms with Crippen LogP contribution in [0.4, 0.5) is 5.69 Å². The molecule has 1 heterocycles. The van der Waals surface area contributed by atoms with Gasteiger partial charge >= 0.3 is 0 Å². The molecule has 0 radical (unpaired) electrons. The minimum atomic E-state index is -0.807. The SMILES string of the molecule is COc1cc(C)c(/C(O)=C2\C(=O)C(=O)N(c3cccc4ccccc34)C2c2ccc(C(C)(C)C)cc2)cc1C(C)C. The van der Waals surface area contributed by atoms with Crippen LogP contribution >= 0.6 is 0 Å². The number of aliphatic hydroxyl groups excluding tert-OH is 1. The van der Waals surface area contributed by atoms with E-state index in [1.165, 1.54) is 0 Å². The van der Waals surface area contributed by atoms with Gasteiger partial charge < -0.3 is 9.84 Å². The average molecular weight is 548 g/mol. The maximum Gasteiger partial charge on any atom is 0.300 e. The predicted octanol–water partition coefficient (Wildman–Crippen LogP) is 8.20. The van der Waals surface area contributed by atoms with Gasteiger partial charge in [-0.1, -0.05) is 95.3 Å². The highest BCUT2D eigenvalue weighted by Crippen LogP contribution is 2.45. The zero-order valence-corrected chi connectivity index (χ0v) is 24.8. The zero-order valence-electron chi connectivity index (χ0n) is 24.8. The van der Waals surface area contributed by atoms with E-state index in [1.54, 1.807) is 12.0 Å². The number of hydrogen-bond donors (Lipinski definition) is 1. The third kappa shape index (κ3) is 4.90. The summed E-state index contributed by atoms with van der Waals surface area (Å²) in [5.74, 6) is -0.710.